The number of nitrogens with zero attached hydrogens (tertiary/aromatic N) is 2. The van der Waals surface area contributed by atoms with Crippen LogP contribution in [0.15, 0.2) is 48.5 Å². The van der Waals surface area contributed by atoms with Gasteiger partial charge in [-0.1, -0.05) is 37.3 Å². The Balaban J connectivity index is 1.27. The van der Waals surface area contributed by atoms with Gasteiger partial charge in [0.15, 0.2) is 11.5 Å². The number of hydrogen-bond acceptors (Lipinski definition) is 5. The average molecular weight is 410 g/mol. The van der Waals surface area contributed by atoms with E-state index in [1.54, 1.807) is 0 Å². The van der Waals surface area contributed by atoms with Crippen LogP contribution in [-0.2, 0) is 4.79 Å². The number of rotatable bonds is 8. The number of ether oxygens (including phenoxy) is 2. The molecule has 2 aromatic carbocycles. The topological polar surface area (TPSA) is 54.0 Å². The number of likely N-dealkylation sites (tertiary alicyclic amines) is 1. The molecule has 160 valence electrons. The summed E-state index contributed by atoms with van der Waals surface area (Å²) < 4.78 is 10.7. The molecule has 0 bridgehead atoms. The van der Waals surface area contributed by atoms with E-state index in [1.165, 1.54) is 5.56 Å². The Morgan fingerprint density at radius 2 is 2.00 bits per heavy atom. The summed E-state index contributed by atoms with van der Waals surface area (Å²) in [7, 11) is 0. The second kappa shape index (κ2) is 9.49. The molecule has 2 unspecified atom stereocenters. The number of nitrogens with one attached hydrogen (secondary N) is 1. The van der Waals surface area contributed by atoms with Crippen LogP contribution < -0.4 is 14.8 Å². The summed E-state index contributed by atoms with van der Waals surface area (Å²) >= 11 is 0. The van der Waals surface area contributed by atoms with Gasteiger partial charge in [-0.3, -0.25) is 14.6 Å². The minimum absolute atomic E-state index is 0.0276. The highest BCUT2D eigenvalue weighted by molar-refractivity contribution is 5.91. The van der Waals surface area contributed by atoms with Crippen molar-refractivity contribution in [3.05, 3.63) is 54.1 Å². The van der Waals surface area contributed by atoms with Crippen molar-refractivity contribution in [3.8, 4) is 11.5 Å². The zero-order valence-electron chi connectivity index (χ0n) is 17.8. The molecule has 30 heavy (non-hydrogen) atoms. The maximum absolute atomic E-state index is 12.5. The van der Waals surface area contributed by atoms with Crippen molar-refractivity contribution in [2.45, 2.75) is 38.8 Å². The highest BCUT2D eigenvalue weighted by Gasteiger charge is 2.30. The predicted molar refractivity (Wildman–Crippen MR) is 118 cm³/mol. The molecule has 6 nitrogen and oxygen atoms in total. The molecule has 1 N–H and O–H groups in total. The largest absolute Gasteiger partial charge is 0.454 e. The van der Waals surface area contributed by atoms with Crippen LogP contribution >= 0.6 is 0 Å². The number of carbonyl (C=O) groups is 1. The Kier molecular flexibility index (Phi) is 6.55. The highest BCUT2D eigenvalue weighted by Crippen LogP contribution is 2.34. The van der Waals surface area contributed by atoms with E-state index in [9.17, 15) is 4.79 Å². The summed E-state index contributed by atoms with van der Waals surface area (Å²) in [5.74, 6) is 1.43. The van der Waals surface area contributed by atoms with Crippen molar-refractivity contribution in [3.63, 3.8) is 0 Å². The fourth-order valence-electron chi connectivity index (χ4n) is 4.40. The first-order valence-corrected chi connectivity index (χ1v) is 10.9. The molecule has 2 aromatic rings. The van der Waals surface area contributed by atoms with Crippen LogP contribution in [-0.4, -0.2) is 54.7 Å². The van der Waals surface area contributed by atoms with Gasteiger partial charge in [-0.2, -0.15) is 0 Å². The minimum atomic E-state index is 0.0276. The molecule has 0 aromatic heterocycles. The van der Waals surface area contributed by atoms with Gasteiger partial charge in [-0.05, 0) is 37.6 Å². The van der Waals surface area contributed by atoms with Gasteiger partial charge in [0.25, 0.3) is 0 Å². The first-order chi connectivity index (χ1) is 14.6. The quantitative estimate of drug-likeness (QED) is 0.717. The summed E-state index contributed by atoms with van der Waals surface area (Å²) in [6, 6.07) is 17.1. The lowest BCUT2D eigenvalue weighted by Crippen LogP contribution is -2.39. The van der Waals surface area contributed by atoms with Gasteiger partial charge in [0.05, 0.1) is 0 Å². The summed E-state index contributed by atoms with van der Waals surface area (Å²) in [5.41, 5.74) is 2.11. The highest BCUT2D eigenvalue weighted by atomic mass is 16.7. The van der Waals surface area contributed by atoms with Gasteiger partial charge in [0, 0.05) is 49.9 Å². The Morgan fingerprint density at radius 3 is 2.80 bits per heavy atom. The molecule has 2 aliphatic heterocycles. The lowest BCUT2D eigenvalue weighted by atomic mass is 10.1. The van der Waals surface area contributed by atoms with E-state index in [1.807, 2.05) is 18.2 Å². The number of hydrogen-bond donors (Lipinski definition) is 1. The van der Waals surface area contributed by atoms with Crippen LogP contribution in [0.2, 0.25) is 0 Å². The zero-order chi connectivity index (χ0) is 20.9. The molecule has 2 aliphatic rings. The number of carbonyl (C=O) groups excluding carboxylic acids is 1. The van der Waals surface area contributed by atoms with Crippen LogP contribution in [0.5, 0.6) is 11.5 Å². The maximum Gasteiger partial charge on any atom is 0.231 e. The van der Waals surface area contributed by atoms with Crippen LogP contribution in [0.4, 0.5) is 5.69 Å². The van der Waals surface area contributed by atoms with E-state index < -0.39 is 0 Å². The Hall–Kier alpha value is -2.57. The molecule has 2 heterocycles. The predicted octanol–water partition coefficient (Wildman–Crippen LogP) is 3.90. The number of likely N-dealkylation sites (N-methyl/N-ethyl adjacent to an activating group) is 1. The van der Waals surface area contributed by atoms with E-state index >= 15 is 0 Å². The summed E-state index contributed by atoms with van der Waals surface area (Å²) in [6.45, 7) is 8.57. The summed E-state index contributed by atoms with van der Waals surface area (Å²) in [6.07, 6.45) is 1.63. The monoisotopic (exact) mass is 409 g/mol. The minimum Gasteiger partial charge on any atom is -0.454 e. The van der Waals surface area contributed by atoms with Crippen molar-refractivity contribution < 1.29 is 14.3 Å². The molecule has 4 rings (SSSR count). The van der Waals surface area contributed by atoms with Crippen molar-refractivity contribution in [1.29, 1.82) is 0 Å². The number of fused-ring (bicyclic) bond motifs is 1. The van der Waals surface area contributed by atoms with Crippen LogP contribution in [0.3, 0.4) is 0 Å². The van der Waals surface area contributed by atoms with Crippen LogP contribution in [0, 0.1) is 0 Å². The van der Waals surface area contributed by atoms with E-state index in [0.29, 0.717) is 24.3 Å². The first kappa shape index (κ1) is 20.7. The SMILES string of the molecule is CCN(CCC(=O)Nc1ccc2c(c1)OCO2)C1CCN(C(C)c2ccccc2)C1. The summed E-state index contributed by atoms with van der Waals surface area (Å²) in [4.78, 5) is 17.5. The van der Waals surface area contributed by atoms with E-state index in [2.05, 4.69) is 59.3 Å². The molecule has 6 heteroatoms. The molecular formula is C24H31N3O3. The van der Waals surface area contributed by atoms with Gasteiger partial charge >= 0.3 is 0 Å². The smallest absolute Gasteiger partial charge is 0.231 e. The third kappa shape index (κ3) is 4.77. The normalized spacial score (nSPS) is 19.2. The number of benzene rings is 2. The fraction of sp³-hybridized carbons (Fsp3) is 0.458. The lowest BCUT2D eigenvalue weighted by molar-refractivity contribution is -0.116. The van der Waals surface area contributed by atoms with Gasteiger partial charge in [-0.25, -0.2) is 0 Å². The Labute approximate surface area is 178 Å². The number of amides is 1. The van der Waals surface area contributed by atoms with E-state index in [-0.39, 0.29) is 12.7 Å². The number of anilines is 1. The summed E-state index contributed by atoms with van der Waals surface area (Å²) in [5, 5.41) is 2.98. The van der Waals surface area contributed by atoms with Gasteiger partial charge in [-0.15, -0.1) is 0 Å². The fourth-order valence-corrected chi connectivity index (χ4v) is 4.40. The van der Waals surface area contributed by atoms with Crippen LogP contribution in [0.25, 0.3) is 0 Å². The van der Waals surface area contributed by atoms with Gasteiger partial charge in [0.1, 0.15) is 0 Å². The third-order valence-electron chi connectivity index (χ3n) is 6.23. The average Bonchev–Trinajstić information content (AvgIpc) is 3.44. The van der Waals surface area contributed by atoms with Crippen molar-refractivity contribution >= 4 is 11.6 Å². The van der Waals surface area contributed by atoms with Crippen LogP contribution in [0.1, 0.15) is 38.3 Å². The molecule has 0 spiro atoms. The third-order valence-corrected chi connectivity index (χ3v) is 6.23. The van der Waals surface area contributed by atoms with Crippen molar-refractivity contribution in [2.24, 2.45) is 0 Å². The Morgan fingerprint density at radius 1 is 1.20 bits per heavy atom. The van der Waals surface area contributed by atoms with Crippen molar-refractivity contribution in [2.75, 3.05) is 38.3 Å². The zero-order valence-corrected chi connectivity index (χ0v) is 17.8. The first-order valence-electron chi connectivity index (χ1n) is 10.9. The lowest BCUT2D eigenvalue weighted by Gasteiger charge is -2.29. The second-order valence-electron chi connectivity index (χ2n) is 8.02. The van der Waals surface area contributed by atoms with Gasteiger partial charge in [0.2, 0.25) is 12.7 Å². The van der Waals surface area contributed by atoms with E-state index in [4.69, 9.17) is 9.47 Å². The maximum atomic E-state index is 12.5. The molecule has 0 radical (unpaired) electrons. The molecule has 1 saturated heterocycles. The molecular weight excluding hydrogens is 378 g/mol. The second-order valence-corrected chi connectivity index (χ2v) is 8.02. The molecule has 0 saturated carbocycles. The Bertz CT molecular complexity index is 858. The molecule has 0 aliphatic carbocycles. The molecule has 1 amide bonds. The molecule has 1 fully saturated rings. The molecule has 2 atom stereocenters. The van der Waals surface area contributed by atoms with Crippen molar-refractivity contribution in [1.82, 2.24) is 9.80 Å². The van der Waals surface area contributed by atoms with E-state index in [0.717, 1.165) is 44.0 Å². The standard InChI is InChI=1S/C24H31N3O3/c1-3-26(21-11-13-27(16-21)18(2)19-7-5-4-6-8-19)14-12-24(28)25-20-9-10-22-23(15-20)30-17-29-22/h4-10,15,18,21H,3,11-14,16-17H2,1-2H3,(H,25,28). The van der Waals surface area contributed by atoms with Gasteiger partial charge < -0.3 is 14.8 Å².